The summed E-state index contributed by atoms with van der Waals surface area (Å²) in [4.78, 5) is 18.1. The minimum absolute atomic E-state index is 0.0378. The minimum atomic E-state index is -0.331. The molecule has 2 aliphatic rings. The van der Waals surface area contributed by atoms with Crippen LogP contribution in [0, 0.1) is 0 Å². The lowest BCUT2D eigenvalue weighted by molar-refractivity contribution is 0.0629. The molecule has 164 valence electrons. The van der Waals surface area contributed by atoms with Crippen LogP contribution in [0.5, 0.6) is 0 Å². The van der Waals surface area contributed by atoms with Crippen LogP contribution in [0.4, 0.5) is 5.69 Å². The number of benzene rings is 2. The van der Waals surface area contributed by atoms with Gasteiger partial charge in [0.1, 0.15) is 4.88 Å². The number of nitrogens with one attached hydrogen (secondary N) is 1. The topological polar surface area (TPSA) is 47.9 Å². The third-order valence-corrected chi connectivity index (χ3v) is 7.83. The number of carbonyl (C=O) groups excluding carboxylic acids is 1. The van der Waals surface area contributed by atoms with E-state index in [4.69, 9.17) is 11.6 Å². The first-order valence-corrected chi connectivity index (χ1v) is 12.7. The van der Waals surface area contributed by atoms with Gasteiger partial charge in [0.05, 0.1) is 5.69 Å². The highest BCUT2D eigenvalue weighted by molar-refractivity contribution is 8.13. The van der Waals surface area contributed by atoms with Crippen LogP contribution in [0.25, 0.3) is 0 Å². The number of thiophene rings is 1. The van der Waals surface area contributed by atoms with E-state index in [0.29, 0.717) is 12.5 Å². The number of thioether (sulfide) groups is 1. The van der Waals surface area contributed by atoms with Crippen LogP contribution in [0.15, 0.2) is 65.1 Å². The van der Waals surface area contributed by atoms with Gasteiger partial charge in [-0.1, -0.05) is 73.6 Å². The van der Waals surface area contributed by atoms with E-state index in [-0.39, 0.29) is 12.2 Å². The molecule has 3 heterocycles. The molecule has 32 heavy (non-hydrogen) atoms. The maximum Gasteiger partial charge on any atom is 0.269 e. The Hall–Kier alpha value is -2.48. The average molecular weight is 483 g/mol. The Morgan fingerprint density at radius 1 is 1.09 bits per heavy atom. The van der Waals surface area contributed by atoms with Crippen LogP contribution in [-0.2, 0) is 12.3 Å². The molecule has 1 aromatic heterocycles. The molecule has 0 aliphatic carbocycles. The molecular formula is C24H23ClN4OS2. The van der Waals surface area contributed by atoms with Gasteiger partial charge in [0.2, 0.25) is 6.29 Å². The first kappa shape index (κ1) is 21.4. The SMILES string of the molecule is CC(C)c1ccc(CN2C(=O)c3sccc3N3C(SCc4ccc(Cl)cc4)=NNC23)cc1. The summed E-state index contributed by atoms with van der Waals surface area (Å²) in [6.45, 7) is 4.89. The molecule has 8 heteroatoms. The van der Waals surface area contributed by atoms with E-state index in [9.17, 15) is 4.79 Å². The number of amidine groups is 1. The summed E-state index contributed by atoms with van der Waals surface area (Å²) < 4.78 is 0. The lowest BCUT2D eigenvalue weighted by atomic mass is 10.0. The van der Waals surface area contributed by atoms with Gasteiger partial charge in [-0.25, -0.2) is 0 Å². The fourth-order valence-corrected chi connectivity index (χ4v) is 5.77. The van der Waals surface area contributed by atoms with Crippen molar-refractivity contribution in [2.45, 2.75) is 38.4 Å². The van der Waals surface area contributed by atoms with Gasteiger partial charge in [0.25, 0.3) is 5.91 Å². The van der Waals surface area contributed by atoms with Crippen molar-refractivity contribution in [2.75, 3.05) is 4.90 Å². The Morgan fingerprint density at radius 2 is 1.81 bits per heavy atom. The molecule has 5 rings (SSSR count). The molecule has 1 atom stereocenters. The molecule has 2 aromatic carbocycles. The van der Waals surface area contributed by atoms with Crippen molar-refractivity contribution >= 4 is 51.5 Å². The van der Waals surface area contributed by atoms with E-state index in [1.165, 1.54) is 22.5 Å². The van der Waals surface area contributed by atoms with Crippen molar-refractivity contribution in [2.24, 2.45) is 5.10 Å². The first-order valence-electron chi connectivity index (χ1n) is 10.5. The molecule has 1 N–H and O–H groups in total. The quantitative estimate of drug-likeness (QED) is 0.478. The van der Waals surface area contributed by atoms with Crippen molar-refractivity contribution in [3.8, 4) is 0 Å². The molecule has 0 fully saturated rings. The van der Waals surface area contributed by atoms with Crippen LogP contribution in [0.1, 0.15) is 46.1 Å². The Morgan fingerprint density at radius 3 is 2.53 bits per heavy atom. The number of hydrazone groups is 1. The number of rotatable bonds is 5. The second kappa shape index (κ2) is 8.81. The van der Waals surface area contributed by atoms with E-state index in [0.717, 1.165) is 32.1 Å². The Kier molecular flexibility index (Phi) is 5.88. The van der Waals surface area contributed by atoms with Gasteiger partial charge in [0, 0.05) is 17.3 Å². The fourth-order valence-electron chi connectivity index (χ4n) is 3.86. The summed E-state index contributed by atoms with van der Waals surface area (Å²) in [5, 5.41) is 8.16. The number of halogens is 1. The van der Waals surface area contributed by atoms with Crippen LogP contribution in [0.2, 0.25) is 5.02 Å². The second-order valence-electron chi connectivity index (χ2n) is 8.15. The smallest absolute Gasteiger partial charge is 0.269 e. The summed E-state index contributed by atoms with van der Waals surface area (Å²) >= 11 is 9.14. The third kappa shape index (κ3) is 4.00. The highest BCUT2D eigenvalue weighted by Gasteiger charge is 2.43. The molecule has 0 spiro atoms. The Labute approximate surface area is 201 Å². The summed E-state index contributed by atoms with van der Waals surface area (Å²) in [5.41, 5.74) is 7.69. The van der Waals surface area contributed by atoms with E-state index in [2.05, 4.69) is 53.5 Å². The predicted molar refractivity (Wildman–Crippen MR) is 134 cm³/mol. The largest absolute Gasteiger partial charge is 0.294 e. The summed E-state index contributed by atoms with van der Waals surface area (Å²) in [5.74, 6) is 1.29. The Bertz CT molecular complexity index is 1160. The molecule has 3 aromatic rings. The van der Waals surface area contributed by atoms with Crippen LogP contribution >= 0.6 is 34.7 Å². The number of nitrogens with zero attached hydrogens (tertiary/aromatic N) is 3. The zero-order valence-corrected chi connectivity index (χ0v) is 20.2. The lowest BCUT2D eigenvalue weighted by Gasteiger charge is -2.39. The number of amides is 1. The van der Waals surface area contributed by atoms with Gasteiger partial charge < -0.3 is 0 Å². The summed E-state index contributed by atoms with van der Waals surface area (Å²) in [6.07, 6.45) is -0.331. The summed E-state index contributed by atoms with van der Waals surface area (Å²) in [6, 6.07) is 18.4. The van der Waals surface area contributed by atoms with E-state index in [1.807, 2.05) is 40.6 Å². The number of fused-ring (bicyclic) bond motifs is 3. The van der Waals surface area contributed by atoms with Gasteiger partial charge in [-0.15, -0.1) is 11.3 Å². The number of carbonyl (C=O) groups is 1. The fraction of sp³-hybridized carbons (Fsp3) is 0.250. The zero-order valence-electron chi connectivity index (χ0n) is 17.8. The molecule has 5 nitrogen and oxygen atoms in total. The molecule has 0 saturated carbocycles. The normalized spacial score (nSPS) is 17.3. The average Bonchev–Trinajstić information content (AvgIpc) is 3.44. The molecule has 0 saturated heterocycles. The zero-order chi connectivity index (χ0) is 22.2. The molecule has 2 aliphatic heterocycles. The highest BCUT2D eigenvalue weighted by atomic mass is 35.5. The maximum atomic E-state index is 13.3. The highest BCUT2D eigenvalue weighted by Crippen LogP contribution is 2.39. The van der Waals surface area contributed by atoms with Crippen molar-refractivity contribution < 1.29 is 4.79 Å². The van der Waals surface area contributed by atoms with E-state index < -0.39 is 0 Å². The van der Waals surface area contributed by atoms with E-state index in [1.54, 1.807) is 11.8 Å². The predicted octanol–water partition coefficient (Wildman–Crippen LogP) is 6.08. The molecule has 0 bridgehead atoms. The van der Waals surface area contributed by atoms with Crippen molar-refractivity contribution in [3.05, 3.63) is 86.6 Å². The Balaban J connectivity index is 1.37. The van der Waals surface area contributed by atoms with Gasteiger partial charge in [0.15, 0.2) is 5.17 Å². The molecule has 1 amide bonds. The lowest BCUT2D eigenvalue weighted by Crippen LogP contribution is -2.57. The molecule has 1 unspecified atom stereocenters. The first-order chi connectivity index (χ1) is 15.5. The van der Waals surface area contributed by atoms with Gasteiger partial charge in [-0.05, 0) is 46.2 Å². The van der Waals surface area contributed by atoms with Crippen LogP contribution < -0.4 is 10.3 Å². The van der Waals surface area contributed by atoms with Gasteiger partial charge in [-0.3, -0.25) is 20.0 Å². The maximum absolute atomic E-state index is 13.3. The van der Waals surface area contributed by atoms with E-state index >= 15 is 0 Å². The van der Waals surface area contributed by atoms with Crippen molar-refractivity contribution in [3.63, 3.8) is 0 Å². The van der Waals surface area contributed by atoms with Crippen LogP contribution in [-0.4, -0.2) is 22.3 Å². The summed E-state index contributed by atoms with van der Waals surface area (Å²) in [7, 11) is 0. The third-order valence-electron chi connectivity index (χ3n) is 5.66. The second-order valence-corrected chi connectivity index (χ2v) is 10.4. The van der Waals surface area contributed by atoms with Gasteiger partial charge in [-0.2, -0.15) is 5.10 Å². The molecule has 0 radical (unpaired) electrons. The number of hydrogen-bond donors (Lipinski definition) is 1. The van der Waals surface area contributed by atoms with Crippen molar-refractivity contribution in [1.82, 2.24) is 10.3 Å². The molecular weight excluding hydrogens is 460 g/mol. The van der Waals surface area contributed by atoms with Crippen molar-refractivity contribution in [1.29, 1.82) is 0 Å². The minimum Gasteiger partial charge on any atom is -0.294 e. The number of anilines is 1. The van der Waals surface area contributed by atoms with Crippen LogP contribution in [0.3, 0.4) is 0 Å². The van der Waals surface area contributed by atoms with Gasteiger partial charge >= 0.3 is 0 Å². The number of hydrogen-bond acceptors (Lipinski definition) is 6. The standard InChI is InChI=1S/C24H23ClN4OS2/c1-15(2)18-7-3-16(4-8-18)13-28-22(30)21-20(11-12-31-21)29-23(28)26-27-24(29)32-14-17-5-9-19(25)10-6-17/h3-12,15,23,26H,13-14H2,1-2H3. The monoisotopic (exact) mass is 482 g/mol.